The number of likely N-dealkylation sites (tertiary alicyclic amines) is 1. The number of rotatable bonds is 9. The predicted molar refractivity (Wildman–Crippen MR) is 167 cm³/mol. The summed E-state index contributed by atoms with van der Waals surface area (Å²) < 4.78 is 19.7. The minimum atomic E-state index is -1.51. The molecule has 11 heteroatoms. The van der Waals surface area contributed by atoms with E-state index in [-0.39, 0.29) is 23.2 Å². The lowest BCUT2D eigenvalue weighted by atomic mass is 9.83. The smallest absolute Gasteiger partial charge is 0.328 e. The molecule has 45 heavy (non-hydrogen) atoms. The molecule has 238 valence electrons. The number of carbonyl (C=O) groups excluding carboxylic acids is 2. The van der Waals surface area contributed by atoms with E-state index in [4.69, 9.17) is 33.0 Å². The van der Waals surface area contributed by atoms with Crippen molar-refractivity contribution in [3.63, 3.8) is 0 Å². The Morgan fingerprint density at radius 1 is 1.04 bits per heavy atom. The van der Waals surface area contributed by atoms with Crippen LogP contribution in [0.25, 0.3) is 0 Å². The lowest BCUT2D eigenvalue weighted by Crippen LogP contribution is -3.13. The van der Waals surface area contributed by atoms with Gasteiger partial charge in [0, 0.05) is 50.4 Å². The molecule has 2 N–H and O–H groups in total. The number of ether oxygens (including phenoxy) is 1. The first-order valence-corrected chi connectivity index (χ1v) is 15.4. The van der Waals surface area contributed by atoms with Gasteiger partial charge in [-0.1, -0.05) is 53.5 Å². The van der Waals surface area contributed by atoms with E-state index in [1.54, 1.807) is 16.8 Å². The summed E-state index contributed by atoms with van der Waals surface area (Å²) in [4.78, 5) is 35.3. The van der Waals surface area contributed by atoms with Crippen molar-refractivity contribution in [3.05, 3.63) is 117 Å². The highest BCUT2D eigenvalue weighted by Crippen LogP contribution is 2.42. The maximum Gasteiger partial charge on any atom is 0.328 e. The van der Waals surface area contributed by atoms with E-state index in [2.05, 4.69) is 24.3 Å². The van der Waals surface area contributed by atoms with E-state index in [1.165, 1.54) is 35.4 Å². The molecule has 2 aliphatic rings. The second-order valence-electron chi connectivity index (χ2n) is 11.3. The molecule has 0 aliphatic carbocycles. The van der Waals surface area contributed by atoms with Crippen LogP contribution in [0.3, 0.4) is 0 Å². The van der Waals surface area contributed by atoms with Gasteiger partial charge in [0.15, 0.2) is 0 Å². The number of amides is 1. The highest BCUT2D eigenvalue weighted by atomic mass is 35.5. The van der Waals surface area contributed by atoms with Crippen LogP contribution in [0.1, 0.15) is 52.2 Å². The van der Waals surface area contributed by atoms with Gasteiger partial charge >= 0.3 is 5.97 Å². The Kier molecular flexibility index (Phi) is 11.7. The standard InChI is InChI=1S/C30H31Cl2FN2O2.C4H4O4/c1-34(29(36)21-6-9-25(33)10-7-21)19-23(22-8-11-27(31)28(32)18-22)12-15-35-16-13-30(14-17-35)26-5-3-2-4-24(26)20-37-30;5-3(6)1-2-4(7)8/h2-11,18,23H,12-17,19-20H2,1H3;1-2H,(H,5,6)(H,7,8)/b;2-1+. The summed E-state index contributed by atoms with van der Waals surface area (Å²) in [7, 11) is 1.79. The van der Waals surface area contributed by atoms with Crippen LogP contribution >= 0.6 is 23.2 Å². The zero-order chi connectivity index (χ0) is 32.6. The Labute approximate surface area is 271 Å². The number of quaternary nitrogens is 1. The van der Waals surface area contributed by atoms with Crippen molar-refractivity contribution >= 4 is 41.0 Å². The minimum Gasteiger partial charge on any atom is -0.545 e. The molecule has 3 aromatic rings. The first-order valence-electron chi connectivity index (χ1n) is 14.6. The van der Waals surface area contributed by atoms with Crippen LogP contribution in [-0.2, 0) is 26.5 Å². The molecule has 0 aromatic heterocycles. The zero-order valence-electron chi connectivity index (χ0n) is 24.8. The maximum absolute atomic E-state index is 13.3. The van der Waals surface area contributed by atoms with Crippen molar-refractivity contribution in [2.24, 2.45) is 0 Å². The number of nitrogens with zero attached hydrogens (tertiary/aromatic N) is 1. The molecule has 1 unspecified atom stereocenters. The average Bonchev–Trinajstić information content (AvgIpc) is 3.38. The third-order valence-corrected chi connectivity index (χ3v) is 9.07. The van der Waals surface area contributed by atoms with Gasteiger partial charge in [0.1, 0.15) is 11.4 Å². The fourth-order valence-corrected chi connectivity index (χ4v) is 6.24. The molecular formula is C34H35Cl2FN2O6. The highest BCUT2D eigenvalue weighted by Gasteiger charge is 2.44. The topological polar surface area (TPSA) is 111 Å². The molecule has 1 spiro atoms. The first kappa shape index (κ1) is 34.1. The molecule has 2 heterocycles. The molecule has 0 bridgehead atoms. The molecule has 2 aliphatic heterocycles. The number of likely N-dealkylation sites (N-methyl/N-ethyl adjacent to an activating group) is 1. The average molecular weight is 658 g/mol. The number of fused-ring (bicyclic) bond motifs is 2. The van der Waals surface area contributed by atoms with Gasteiger partial charge in [0.25, 0.3) is 5.91 Å². The van der Waals surface area contributed by atoms with Gasteiger partial charge in [0.2, 0.25) is 0 Å². The summed E-state index contributed by atoms with van der Waals surface area (Å²) >= 11 is 12.5. The quantitative estimate of drug-likeness (QED) is 0.339. The molecule has 0 radical (unpaired) electrons. The summed E-state index contributed by atoms with van der Waals surface area (Å²) in [5.41, 5.74) is 4.09. The number of hydrogen-bond donors (Lipinski definition) is 2. The molecule has 1 saturated heterocycles. The Hall–Kier alpha value is -3.76. The number of carboxylic acids is 2. The number of piperidine rings is 1. The molecule has 8 nitrogen and oxygen atoms in total. The zero-order valence-corrected chi connectivity index (χ0v) is 26.3. The van der Waals surface area contributed by atoms with Crippen molar-refractivity contribution in [2.45, 2.75) is 37.4 Å². The molecule has 5 rings (SSSR count). The van der Waals surface area contributed by atoms with Gasteiger partial charge in [-0.3, -0.25) is 4.79 Å². The number of benzene rings is 3. The summed E-state index contributed by atoms with van der Waals surface area (Å²) in [6.07, 6.45) is 3.87. The van der Waals surface area contributed by atoms with E-state index in [9.17, 15) is 23.9 Å². The van der Waals surface area contributed by atoms with E-state index in [1.807, 2.05) is 18.2 Å². The lowest BCUT2D eigenvalue weighted by molar-refractivity contribution is -0.908. The van der Waals surface area contributed by atoms with Gasteiger partial charge in [-0.05, 0) is 59.2 Å². The van der Waals surface area contributed by atoms with Gasteiger partial charge < -0.3 is 29.5 Å². The Morgan fingerprint density at radius 2 is 1.73 bits per heavy atom. The van der Waals surface area contributed by atoms with Crippen molar-refractivity contribution in [1.29, 1.82) is 0 Å². The predicted octanol–water partition coefficient (Wildman–Crippen LogP) is 3.86. The van der Waals surface area contributed by atoms with Gasteiger partial charge in [-0.25, -0.2) is 9.18 Å². The third-order valence-electron chi connectivity index (χ3n) is 8.33. The summed E-state index contributed by atoms with van der Waals surface area (Å²) in [5.74, 6) is -3.20. The van der Waals surface area contributed by atoms with Crippen LogP contribution < -0.4 is 10.0 Å². The molecule has 0 saturated carbocycles. The number of halogens is 3. The van der Waals surface area contributed by atoms with Crippen LogP contribution in [0, 0.1) is 5.82 Å². The Bertz CT molecular complexity index is 1520. The maximum atomic E-state index is 13.3. The summed E-state index contributed by atoms with van der Waals surface area (Å²) in [6.45, 7) is 4.32. The van der Waals surface area contributed by atoms with Crippen molar-refractivity contribution < 1.29 is 38.6 Å². The first-order chi connectivity index (χ1) is 21.5. The normalized spacial score (nSPS) is 19.4. The fraction of sp³-hybridized carbons (Fsp3) is 0.324. The number of aliphatic carboxylic acids is 2. The second kappa shape index (κ2) is 15.5. The molecular weight excluding hydrogens is 622 g/mol. The monoisotopic (exact) mass is 656 g/mol. The van der Waals surface area contributed by atoms with Crippen LogP contribution in [0.4, 0.5) is 4.39 Å². The van der Waals surface area contributed by atoms with Crippen LogP contribution in [0.2, 0.25) is 10.0 Å². The van der Waals surface area contributed by atoms with Gasteiger partial charge in [0.05, 0.1) is 42.3 Å². The SMILES string of the molecule is CN(CC(CC[NH+]1CCC2(CC1)OCc1ccccc12)c1ccc(Cl)c(Cl)c1)C(=O)c1ccc(F)cc1.O=C([O-])/C=C/C(=O)O. The van der Waals surface area contributed by atoms with Crippen molar-refractivity contribution in [3.8, 4) is 0 Å². The van der Waals surface area contributed by atoms with E-state index < -0.39 is 11.9 Å². The van der Waals surface area contributed by atoms with E-state index in [0.29, 0.717) is 40.9 Å². The lowest BCUT2D eigenvalue weighted by Gasteiger charge is -2.37. The van der Waals surface area contributed by atoms with Gasteiger partial charge in [-0.2, -0.15) is 0 Å². The van der Waals surface area contributed by atoms with E-state index >= 15 is 0 Å². The van der Waals surface area contributed by atoms with Gasteiger partial charge in [-0.15, -0.1) is 0 Å². The second-order valence-corrected chi connectivity index (χ2v) is 12.1. The van der Waals surface area contributed by atoms with E-state index in [0.717, 1.165) is 44.5 Å². The third kappa shape index (κ3) is 9.14. The molecule has 3 aromatic carbocycles. The Balaban J connectivity index is 0.000000510. The fourth-order valence-electron chi connectivity index (χ4n) is 5.93. The largest absolute Gasteiger partial charge is 0.545 e. The van der Waals surface area contributed by atoms with Crippen LogP contribution in [0.15, 0.2) is 78.9 Å². The molecule has 1 atom stereocenters. The van der Waals surface area contributed by atoms with Crippen LogP contribution in [0.5, 0.6) is 0 Å². The Morgan fingerprint density at radius 3 is 2.36 bits per heavy atom. The number of nitrogens with one attached hydrogen (secondary N) is 1. The minimum absolute atomic E-state index is 0.0935. The van der Waals surface area contributed by atoms with Crippen LogP contribution in [-0.4, -0.2) is 61.1 Å². The summed E-state index contributed by atoms with van der Waals surface area (Å²) in [5, 5.41) is 18.3. The summed E-state index contributed by atoms with van der Waals surface area (Å²) in [6, 6.07) is 20.0. The number of hydrogen-bond acceptors (Lipinski definition) is 5. The number of carbonyl (C=O) groups is 3. The van der Waals surface area contributed by atoms with Crippen molar-refractivity contribution in [1.82, 2.24) is 4.90 Å². The highest BCUT2D eigenvalue weighted by molar-refractivity contribution is 6.42. The molecule has 1 amide bonds. The van der Waals surface area contributed by atoms with Crippen molar-refractivity contribution in [2.75, 3.05) is 33.2 Å². The number of carboxylic acid groups (broad SMARTS) is 2. The molecule has 1 fully saturated rings.